The molecule has 0 amide bonds. The Bertz CT molecular complexity index is 519. The second kappa shape index (κ2) is 4.77. The normalized spacial score (nSPS) is 11.5. The lowest BCUT2D eigenvalue weighted by Crippen LogP contribution is -2.11. The van der Waals surface area contributed by atoms with E-state index >= 15 is 0 Å². The molecule has 0 saturated heterocycles. The smallest absolute Gasteiger partial charge is 0.202 e. The van der Waals surface area contributed by atoms with Gasteiger partial charge in [0.1, 0.15) is 0 Å². The predicted molar refractivity (Wildman–Crippen MR) is 71.8 cm³/mol. The lowest BCUT2D eigenvalue weighted by Gasteiger charge is -2.19. The molecular formula is C15H18N2O. The number of nitrogens with zero attached hydrogens (tertiary/aromatic N) is 1. The number of hydrogen-bond acceptors (Lipinski definition) is 2. The molecule has 0 aliphatic rings. The summed E-state index contributed by atoms with van der Waals surface area (Å²) in [6, 6.07) is 8.21. The zero-order valence-corrected chi connectivity index (χ0v) is 11.0. The summed E-state index contributed by atoms with van der Waals surface area (Å²) in [5.41, 5.74) is 2.44. The predicted octanol–water partition coefficient (Wildman–Crippen LogP) is 3.13. The molecule has 0 spiro atoms. The third-order valence-corrected chi connectivity index (χ3v) is 2.95. The van der Waals surface area contributed by atoms with Crippen molar-refractivity contribution in [2.45, 2.75) is 32.6 Å². The van der Waals surface area contributed by atoms with Gasteiger partial charge in [0, 0.05) is 18.8 Å². The summed E-state index contributed by atoms with van der Waals surface area (Å²) < 4.78 is 0. The van der Waals surface area contributed by atoms with Gasteiger partial charge in [-0.1, -0.05) is 45.0 Å². The van der Waals surface area contributed by atoms with Crippen LogP contribution in [0.25, 0.3) is 0 Å². The molecule has 0 aliphatic heterocycles. The van der Waals surface area contributed by atoms with Gasteiger partial charge in [0.25, 0.3) is 0 Å². The number of ketones is 1. The number of aromatic amines is 1. The standard InChI is InChI=1S/C15H18N2O/c1-15(2,3)12-6-4-11(5-7-12)10-13(18)14-16-8-9-17-14/h4-9H,10H2,1-3H3,(H,16,17). The average Bonchev–Trinajstić information content (AvgIpc) is 2.82. The molecule has 1 aromatic heterocycles. The highest BCUT2D eigenvalue weighted by atomic mass is 16.1. The zero-order chi connectivity index (χ0) is 13.2. The highest BCUT2D eigenvalue weighted by Crippen LogP contribution is 2.22. The fourth-order valence-electron chi connectivity index (χ4n) is 1.81. The van der Waals surface area contributed by atoms with Crippen molar-refractivity contribution in [2.24, 2.45) is 0 Å². The Hall–Kier alpha value is -1.90. The van der Waals surface area contributed by atoms with Crippen LogP contribution in [0.3, 0.4) is 0 Å². The van der Waals surface area contributed by atoms with Crippen molar-refractivity contribution in [3.05, 3.63) is 53.6 Å². The molecule has 0 radical (unpaired) electrons. The van der Waals surface area contributed by atoms with Gasteiger partial charge >= 0.3 is 0 Å². The minimum atomic E-state index is 0.0171. The van der Waals surface area contributed by atoms with E-state index in [9.17, 15) is 4.79 Å². The molecule has 94 valence electrons. The van der Waals surface area contributed by atoms with E-state index in [1.165, 1.54) is 5.56 Å². The molecule has 3 nitrogen and oxygen atoms in total. The van der Waals surface area contributed by atoms with Crippen LogP contribution in [0.2, 0.25) is 0 Å². The van der Waals surface area contributed by atoms with Crippen molar-refractivity contribution in [1.29, 1.82) is 0 Å². The highest BCUT2D eigenvalue weighted by molar-refractivity contribution is 5.94. The Morgan fingerprint density at radius 2 is 1.89 bits per heavy atom. The fourth-order valence-corrected chi connectivity index (χ4v) is 1.81. The minimum absolute atomic E-state index is 0.0171. The summed E-state index contributed by atoms with van der Waals surface area (Å²) in [6.07, 6.45) is 3.64. The summed E-state index contributed by atoms with van der Waals surface area (Å²) in [5.74, 6) is 0.443. The molecule has 0 bridgehead atoms. The maximum absolute atomic E-state index is 11.9. The fraction of sp³-hybridized carbons (Fsp3) is 0.333. The molecule has 0 atom stereocenters. The van der Waals surface area contributed by atoms with Gasteiger partial charge in [-0.2, -0.15) is 0 Å². The van der Waals surface area contributed by atoms with E-state index in [1.807, 2.05) is 12.1 Å². The van der Waals surface area contributed by atoms with Gasteiger partial charge in [0.15, 0.2) is 5.82 Å². The van der Waals surface area contributed by atoms with Crippen LogP contribution in [0.15, 0.2) is 36.7 Å². The van der Waals surface area contributed by atoms with Gasteiger partial charge in [0.2, 0.25) is 5.78 Å². The first kappa shape index (κ1) is 12.6. The Kier molecular flexibility index (Phi) is 3.32. The van der Waals surface area contributed by atoms with Crippen LogP contribution in [0.1, 0.15) is 42.5 Å². The van der Waals surface area contributed by atoms with Crippen LogP contribution in [0.5, 0.6) is 0 Å². The number of nitrogens with one attached hydrogen (secondary N) is 1. The number of benzene rings is 1. The number of H-pyrrole nitrogens is 1. The van der Waals surface area contributed by atoms with Gasteiger partial charge in [-0.25, -0.2) is 4.98 Å². The summed E-state index contributed by atoms with van der Waals surface area (Å²) in [5, 5.41) is 0. The molecular weight excluding hydrogens is 224 g/mol. The van der Waals surface area contributed by atoms with Crippen LogP contribution in [0.4, 0.5) is 0 Å². The molecule has 0 unspecified atom stereocenters. The maximum atomic E-state index is 11.9. The van der Waals surface area contributed by atoms with Gasteiger partial charge in [-0.05, 0) is 16.5 Å². The first-order valence-electron chi connectivity index (χ1n) is 6.09. The van der Waals surface area contributed by atoms with Crippen molar-refractivity contribution < 1.29 is 4.79 Å². The van der Waals surface area contributed by atoms with Crippen LogP contribution in [-0.4, -0.2) is 15.8 Å². The third kappa shape index (κ3) is 2.86. The van der Waals surface area contributed by atoms with Crippen molar-refractivity contribution in [3.63, 3.8) is 0 Å². The van der Waals surface area contributed by atoms with Gasteiger partial charge in [0.05, 0.1) is 0 Å². The first-order chi connectivity index (χ1) is 8.47. The molecule has 0 aliphatic carbocycles. The second-order valence-corrected chi connectivity index (χ2v) is 5.48. The Labute approximate surface area is 107 Å². The molecule has 1 aromatic carbocycles. The van der Waals surface area contributed by atoms with E-state index in [-0.39, 0.29) is 11.2 Å². The van der Waals surface area contributed by atoms with Crippen LogP contribution in [0, 0.1) is 0 Å². The molecule has 18 heavy (non-hydrogen) atoms. The number of hydrogen-bond donors (Lipinski definition) is 1. The zero-order valence-electron chi connectivity index (χ0n) is 11.0. The first-order valence-corrected chi connectivity index (χ1v) is 6.09. The Morgan fingerprint density at radius 1 is 1.22 bits per heavy atom. The number of Topliss-reactive ketones (excluding diaryl/α,β-unsaturated/α-hetero) is 1. The largest absolute Gasteiger partial charge is 0.342 e. The molecule has 0 fully saturated rings. The monoisotopic (exact) mass is 242 g/mol. The van der Waals surface area contributed by atoms with Gasteiger partial charge in [-0.3, -0.25) is 4.79 Å². The highest BCUT2D eigenvalue weighted by Gasteiger charge is 2.14. The summed E-state index contributed by atoms with van der Waals surface area (Å²) in [7, 11) is 0. The molecule has 2 aromatic rings. The third-order valence-electron chi connectivity index (χ3n) is 2.95. The number of imidazole rings is 1. The quantitative estimate of drug-likeness (QED) is 0.840. The summed E-state index contributed by atoms with van der Waals surface area (Å²) >= 11 is 0. The molecule has 1 N–H and O–H groups in total. The van der Waals surface area contributed by atoms with E-state index in [0.29, 0.717) is 12.2 Å². The Morgan fingerprint density at radius 3 is 2.39 bits per heavy atom. The number of aromatic nitrogens is 2. The lowest BCUT2D eigenvalue weighted by molar-refractivity contribution is 0.0984. The van der Waals surface area contributed by atoms with Gasteiger partial charge < -0.3 is 4.98 Å². The summed E-state index contributed by atoms with van der Waals surface area (Å²) in [6.45, 7) is 6.53. The Balaban J connectivity index is 2.09. The average molecular weight is 242 g/mol. The van der Waals surface area contributed by atoms with E-state index in [0.717, 1.165) is 5.56 Å². The van der Waals surface area contributed by atoms with Crippen LogP contribution >= 0.6 is 0 Å². The van der Waals surface area contributed by atoms with Gasteiger partial charge in [-0.15, -0.1) is 0 Å². The van der Waals surface area contributed by atoms with Crippen LogP contribution < -0.4 is 0 Å². The van der Waals surface area contributed by atoms with Crippen molar-refractivity contribution in [2.75, 3.05) is 0 Å². The SMILES string of the molecule is CC(C)(C)c1ccc(CC(=O)c2ncc[nH]2)cc1. The lowest BCUT2D eigenvalue weighted by atomic mass is 9.86. The minimum Gasteiger partial charge on any atom is -0.342 e. The molecule has 0 saturated carbocycles. The topological polar surface area (TPSA) is 45.8 Å². The summed E-state index contributed by atoms with van der Waals surface area (Å²) in [4.78, 5) is 18.7. The van der Waals surface area contributed by atoms with Crippen molar-refractivity contribution >= 4 is 5.78 Å². The maximum Gasteiger partial charge on any atom is 0.202 e. The van der Waals surface area contributed by atoms with Crippen molar-refractivity contribution in [3.8, 4) is 0 Å². The number of carbonyl (C=O) groups excluding carboxylic acids is 1. The van der Waals surface area contributed by atoms with E-state index in [1.54, 1.807) is 12.4 Å². The second-order valence-electron chi connectivity index (χ2n) is 5.48. The molecule has 1 heterocycles. The molecule has 2 rings (SSSR count). The number of carbonyl (C=O) groups is 1. The molecule has 3 heteroatoms. The van der Waals surface area contributed by atoms with E-state index < -0.39 is 0 Å². The van der Waals surface area contributed by atoms with Crippen molar-refractivity contribution in [1.82, 2.24) is 9.97 Å². The number of rotatable bonds is 3. The van der Waals surface area contributed by atoms with E-state index in [4.69, 9.17) is 0 Å². The van der Waals surface area contributed by atoms with Crippen LogP contribution in [-0.2, 0) is 11.8 Å². The van der Waals surface area contributed by atoms with E-state index in [2.05, 4.69) is 42.9 Å².